The predicted octanol–water partition coefficient (Wildman–Crippen LogP) is 4.37. The first kappa shape index (κ1) is 24.5. The van der Waals surface area contributed by atoms with Crippen LogP contribution < -0.4 is 0 Å². The fraction of sp³-hybridized carbons (Fsp3) is 0.792. The van der Waals surface area contributed by atoms with Crippen LogP contribution in [0.3, 0.4) is 0 Å². The fourth-order valence-electron chi connectivity index (χ4n) is 3.44. The molecular weight excluding hydrogens is 352 g/mol. The number of unbranched alkanes of at least 4 members (excludes halogenated alkanes) is 9. The first-order valence-electron chi connectivity index (χ1n) is 11.1. The number of ether oxygens (including phenoxy) is 1. The molecule has 2 N–H and O–H groups in total. The van der Waals surface area contributed by atoms with E-state index in [1.165, 1.54) is 25.7 Å². The Kier molecular flexibility index (Phi) is 14.4. The van der Waals surface area contributed by atoms with Crippen molar-refractivity contribution in [1.29, 1.82) is 0 Å². The third-order valence-corrected chi connectivity index (χ3v) is 5.19. The Morgan fingerprint density at radius 2 is 1.75 bits per heavy atom. The maximum absolute atomic E-state index is 11.6. The van der Waals surface area contributed by atoms with E-state index in [1.807, 2.05) is 0 Å². The van der Waals surface area contributed by atoms with Gasteiger partial charge in [0.1, 0.15) is 12.2 Å². The normalized spacial score (nSPS) is 19.3. The van der Waals surface area contributed by atoms with Crippen molar-refractivity contribution < 1.29 is 19.7 Å². The standard InChI is InChI=1S/C24H38O4/c1-2-3-13-17-22(26)18-15-12-10-8-6-4-5-7-9-11-14-16-21-19-23(20-25)28-24(21)27/h21-23,25-26H,2-9,11,13-14,16-17,19-20H2,1H3/t21-,22-,23-/m0/s1. The molecule has 1 heterocycles. The molecule has 0 aromatic carbocycles. The SMILES string of the molecule is CCCCC[C@H](O)C#CC#CCCCCCCCCC[C@H]1C[C@@H](CO)OC1=O. The second-order valence-electron chi connectivity index (χ2n) is 7.77. The molecular formula is C24H38O4. The molecule has 0 aromatic rings. The van der Waals surface area contributed by atoms with E-state index >= 15 is 0 Å². The van der Waals surface area contributed by atoms with Gasteiger partial charge in [-0.1, -0.05) is 70.1 Å². The second-order valence-corrected chi connectivity index (χ2v) is 7.77. The Balaban J connectivity index is 1.90. The lowest BCUT2D eigenvalue weighted by Crippen LogP contribution is -2.10. The maximum atomic E-state index is 11.6. The summed E-state index contributed by atoms with van der Waals surface area (Å²) < 4.78 is 5.09. The zero-order valence-corrected chi connectivity index (χ0v) is 17.5. The van der Waals surface area contributed by atoms with Crippen LogP contribution in [0.4, 0.5) is 0 Å². The molecule has 28 heavy (non-hydrogen) atoms. The summed E-state index contributed by atoms with van der Waals surface area (Å²) in [6.07, 6.45) is 13.9. The summed E-state index contributed by atoms with van der Waals surface area (Å²) in [6, 6.07) is 0. The molecule has 3 atom stereocenters. The van der Waals surface area contributed by atoms with Gasteiger partial charge in [0.15, 0.2) is 0 Å². The van der Waals surface area contributed by atoms with Crippen LogP contribution in [0.2, 0.25) is 0 Å². The summed E-state index contributed by atoms with van der Waals surface area (Å²) in [7, 11) is 0. The van der Waals surface area contributed by atoms with Crippen LogP contribution in [-0.4, -0.2) is 35.0 Å². The van der Waals surface area contributed by atoms with Crippen molar-refractivity contribution in [1.82, 2.24) is 0 Å². The Morgan fingerprint density at radius 3 is 2.43 bits per heavy atom. The van der Waals surface area contributed by atoms with E-state index in [-0.39, 0.29) is 24.6 Å². The van der Waals surface area contributed by atoms with Crippen molar-refractivity contribution in [3.05, 3.63) is 0 Å². The number of aliphatic hydroxyl groups is 2. The summed E-state index contributed by atoms with van der Waals surface area (Å²) in [4.78, 5) is 11.6. The average molecular weight is 391 g/mol. The molecule has 0 amide bonds. The first-order chi connectivity index (χ1) is 13.7. The highest BCUT2D eigenvalue weighted by Crippen LogP contribution is 2.26. The minimum atomic E-state index is -0.531. The number of carbonyl (C=O) groups is 1. The van der Waals surface area contributed by atoms with Gasteiger partial charge in [-0.15, -0.1) is 0 Å². The lowest BCUT2D eigenvalue weighted by molar-refractivity contribution is -0.145. The lowest BCUT2D eigenvalue weighted by Gasteiger charge is -2.05. The monoisotopic (exact) mass is 390 g/mol. The zero-order valence-electron chi connectivity index (χ0n) is 17.5. The average Bonchev–Trinajstić information content (AvgIpc) is 3.05. The van der Waals surface area contributed by atoms with Gasteiger partial charge >= 0.3 is 5.97 Å². The molecule has 0 spiro atoms. The molecule has 1 aliphatic rings. The third-order valence-electron chi connectivity index (χ3n) is 5.19. The quantitative estimate of drug-likeness (QED) is 0.263. The van der Waals surface area contributed by atoms with Crippen LogP contribution in [0, 0.1) is 29.6 Å². The van der Waals surface area contributed by atoms with Crippen LogP contribution in [0.25, 0.3) is 0 Å². The molecule has 1 rings (SSSR count). The van der Waals surface area contributed by atoms with Gasteiger partial charge in [-0.2, -0.15) is 0 Å². The molecule has 158 valence electrons. The first-order valence-corrected chi connectivity index (χ1v) is 11.1. The minimum absolute atomic E-state index is 0.00345. The second kappa shape index (κ2) is 16.5. The molecule has 1 fully saturated rings. The van der Waals surface area contributed by atoms with Crippen LogP contribution in [0.15, 0.2) is 0 Å². The highest BCUT2D eigenvalue weighted by molar-refractivity contribution is 5.74. The lowest BCUT2D eigenvalue weighted by atomic mass is 9.97. The fourth-order valence-corrected chi connectivity index (χ4v) is 3.44. The molecule has 0 saturated carbocycles. The van der Waals surface area contributed by atoms with E-state index in [1.54, 1.807) is 0 Å². The summed E-state index contributed by atoms with van der Waals surface area (Å²) in [5.74, 6) is 11.3. The van der Waals surface area contributed by atoms with Gasteiger partial charge in [-0.3, -0.25) is 4.79 Å². The molecule has 4 nitrogen and oxygen atoms in total. The highest BCUT2D eigenvalue weighted by Gasteiger charge is 2.33. The largest absolute Gasteiger partial charge is 0.460 e. The van der Waals surface area contributed by atoms with E-state index in [9.17, 15) is 9.90 Å². The zero-order chi connectivity index (χ0) is 20.5. The third kappa shape index (κ3) is 12.1. The van der Waals surface area contributed by atoms with Crippen molar-refractivity contribution in [2.24, 2.45) is 5.92 Å². The smallest absolute Gasteiger partial charge is 0.309 e. The van der Waals surface area contributed by atoms with Crippen molar-refractivity contribution in [2.75, 3.05) is 6.61 Å². The molecule has 0 aliphatic carbocycles. The van der Waals surface area contributed by atoms with E-state index in [0.29, 0.717) is 6.42 Å². The predicted molar refractivity (Wildman–Crippen MR) is 112 cm³/mol. The van der Waals surface area contributed by atoms with Gasteiger partial charge < -0.3 is 14.9 Å². The number of aliphatic hydroxyl groups excluding tert-OH is 2. The number of esters is 1. The van der Waals surface area contributed by atoms with Gasteiger partial charge in [0.2, 0.25) is 0 Å². The summed E-state index contributed by atoms with van der Waals surface area (Å²) in [5.41, 5.74) is 0. The van der Waals surface area contributed by atoms with Crippen molar-refractivity contribution >= 4 is 5.97 Å². The number of cyclic esters (lactones) is 1. The number of hydrogen-bond donors (Lipinski definition) is 2. The van der Waals surface area contributed by atoms with Crippen molar-refractivity contribution in [3.8, 4) is 23.7 Å². The number of rotatable bonds is 14. The van der Waals surface area contributed by atoms with Gasteiger partial charge in [0.25, 0.3) is 0 Å². The minimum Gasteiger partial charge on any atom is -0.460 e. The Hall–Kier alpha value is -1.49. The van der Waals surface area contributed by atoms with Crippen LogP contribution in [0.1, 0.15) is 96.8 Å². The Labute approximate surface area is 171 Å². The van der Waals surface area contributed by atoms with Crippen molar-refractivity contribution in [2.45, 2.75) is 109 Å². The van der Waals surface area contributed by atoms with Gasteiger partial charge in [-0.25, -0.2) is 0 Å². The van der Waals surface area contributed by atoms with Crippen molar-refractivity contribution in [3.63, 3.8) is 0 Å². The van der Waals surface area contributed by atoms with Crippen LogP contribution >= 0.6 is 0 Å². The molecule has 0 radical (unpaired) electrons. The summed E-state index contributed by atoms with van der Waals surface area (Å²) in [5, 5.41) is 18.7. The molecule has 1 saturated heterocycles. The summed E-state index contributed by atoms with van der Waals surface area (Å²) in [6.45, 7) is 2.09. The van der Waals surface area contributed by atoms with Gasteiger partial charge in [0.05, 0.1) is 12.5 Å². The molecule has 1 aliphatic heterocycles. The molecule has 0 bridgehead atoms. The Bertz CT molecular complexity index is 534. The van der Waals surface area contributed by atoms with E-state index in [4.69, 9.17) is 9.84 Å². The van der Waals surface area contributed by atoms with E-state index in [0.717, 1.165) is 57.8 Å². The van der Waals surface area contributed by atoms with E-state index < -0.39 is 6.10 Å². The molecule has 0 aromatic heterocycles. The van der Waals surface area contributed by atoms with Gasteiger partial charge in [-0.05, 0) is 43.9 Å². The summed E-state index contributed by atoms with van der Waals surface area (Å²) >= 11 is 0. The Morgan fingerprint density at radius 1 is 1.04 bits per heavy atom. The molecule has 4 heteroatoms. The highest BCUT2D eigenvalue weighted by atomic mass is 16.6. The maximum Gasteiger partial charge on any atom is 0.309 e. The van der Waals surface area contributed by atoms with Gasteiger partial charge in [0, 0.05) is 6.42 Å². The van der Waals surface area contributed by atoms with Crippen LogP contribution in [-0.2, 0) is 9.53 Å². The topological polar surface area (TPSA) is 66.8 Å². The van der Waals surface area contributed by atoms with Crippen LogP contribution in [0.5, 0.6) is 0 Å². The molecule has 0 unspecified atom stereocenters. The van der Waals surface area contributed by atoms with E-state index in [2.05, 4.69) is 30.6 Å². The number of hydrogen-bond acceptors (Lipinski definition) is 4. The number of carbonyl (C=O) groups excluding carboxylic acids is 1.